The lowest BCUT2D eigenvalue weighted by Crippen LogP contribution is -2.51. The molecule has 4 aliphatic rings. The lowest BCUT2D eigenvalue weighted by Gasteiger charge is -2.55. The van der Waals surface area contributed by atoms with Crippen LogP contribution in [0.2, 0.25) is 0 Å². The van der Waals surface area contributed by atoms with Crippen molar-refractivity contribution < 1.29 is 4.79 Å². The summed E-state index contributed by atoms with van der Waals surface area (Å²) in [4.78, 5) is 22.7. The van der Waals surface area contributed by atoms with E-state index in [2.05, 4.69) is 10.3 Å². The number of hydrogen-bond acceptors (Lipinski definition) is 3. The molecule has 1 aromatic carbocycles. The Morgan fingerprint density at radius 3 is 2.36 bits per heavy atom. The summed E-state index contributed by atoms with van der Waals surface area (Å²) in [5, 5.41) is 3.31. The number of fused-ring (bicyclic) bond motifs is 1. The van der Waals surface area contributed by atoms with Crippen molar-refractivity contribution in [3.63, 3.8) is 0 Å². The van der Waals surface area contributed by atoms with Crippen LogP contribution in [0.3, 0.4) is 0 Å². The first-order valence-corrected chi connectivity index (χ1v) is 10.4. The van der Waals surface area contributed by atoms with Crippen LogP contribution in [0.25, 0.3) is 17.0 Å². The largest absolute Gasteiger partial charge is 0.309 e. The molecule has 1 amide bonds. The van der Waals surface area contributed by atoms with E-state index in [0.29, 0.717) is 5.78 Å². The Hall–Kier alpha value is -2.69. The second kappa shape index (κ2) is 5.90. The van der Waals surface area contributed by atoms with Gasteiger partial charge in [0.1, 0.15) is 11.5 Å². The molecule has 5 nitrogen and oxygen atoms in total. The summed E-state index contributed by atoms with van der Waals surface area (Å²) in [5.41, 5.74) is 1.60. The SMILES string of the molecule is O=C(Nc1c(-c2ccccc2)nc2ncccn12)C12CC3CC(CC(C3)C1)C2. The number of carbonyl (C=O) groups is 1. The van der Waals surface area contributed by atoms with Gasteiger partial charge in [-0.2, -0.15) is 0 Å². The van der Waals surface area contributed by atoms with Crippen LogP contribution >= 0.6 is 0 Å². The average molecular weight is 372 g/mol. The maximum atomic E-state index is 13.6. The lowest BCUT2D eigenvalue weighted by molar-refractivity contribution is -0.140. The minimum atomic E-state index is -0.185. The van der Waals surface area contributed by atoms with Crippen LogP contribution in [0.1, 0.15) is 38.5 Å². The van der Waals surface area contributed by atoms with Crippen molar-refractivity contribution in [2.45, 2.75) is 38.5 Å². The highest BCUT2D eigenvalue weighted by atomic mass is 16.2. The normalized spacial score (nSPS) is 30.6. The molecule has 4 fully saturated rings. The molecule has 0 unspecified atom stereocenters. The molecule has 4 saturated carbocycles. The van der Waals surface area contributed by atoms with Crippen molar-refractivity contribution in [2.75, 3.05) is 5.32 Å². The fourth-order valence-corrected chi connectivity index (χ4v) is 6.43. The van der Waals surface area contributed by atoms with Crippen molar-refractivity contribution in [3.8, 4) is 11.3 Å². The Morgan fingerprint density at radius 2 is 1.68 bits per heavy atom. The summed E-state index contributed by atoms with van der Waals surface area (Å²) < 4.78 is 1.90. The Bertz CT molecular complexity index is 1020. The van der Waals surface area contributed by atoms with Gasteiger partial charge in [-0.1, -0.05) is 30.3 Å². The van der Waals surface area contributed by atoms with Gasteiger partial charge >= 0.3 is 0 Å². The first-order chi connectivity index (χ1) is 13.7. The highest BCUT2D eigenvalue weighted by Gasteiger charge is 2.54. The molecule has 5 heteroatoms. The van der Waals surface area contributed by atoms with Crippen molar-refractivity contribution in [3.05, 3.63) is 48.8 Å². The third kappa shape index (κ3) is 2.42. The first kappa shape index (κ1) is 16.3. The van der Waals surface area contributed by atoms with Crippen LogP contribution < -0.4 is 5.32 Å². The molecule has 0 spiro atoms. The molecule has 0 atom stereocenters. The highest BCUT2D eigenvalue weighted by molar-refractivity contribution is 5.98. The highest BCUT2D eigenvalue weighted by Crippen LogP contribution is 2.60. The number of rotatable bonds is 3. The third-order valence-electron chi connectivity index (χ3n) is 7.20. The van der Waals surface area contributed by atoms with Crippen molar-refractivity contribution >= 4 is 17.5 Å². The third-order valence-corrected chi connectivity index (χ3v) is 7.20. The molecule has 0 saturated heterocycles. The maximum Gasteiger partial charge on any atom is 0.235 e. The quantitative estimate of drug-likeness (QED) is 0.734. The fourth-order valence-electron chi connectivity index (χ4n) is 6.43. The van der Waals surface area contributed by atoms with Crippen LogP contribution in [-0.2, 0) is 4.79 Å². The van der Waals surface area contributed by atoms with E-state index in [-0.39, 0.29) is 11.3 Å². The zero-order valence-corrected chi connectivity index (χ0v) is 15.8. The van der Waals surface area contributed by atoms with E-state index in [1.807, 2.05) is 47.0 Å². The zero-order chi connectivity index (χ0) is 18.7. The van der Waals surface area contributed by atoms with E-state index >= 15 is 0 Å². The van der Waals surface area contributed by atoms with Gasteiger partial charge in [0.25, 0.3) is 0 Å². The smallest absolute Gasteiger partial charge is 0.235 e. The van der Waals surface area contributed by atoms with Gasteiger partial charge < -0.3 is 5.32 Å². The molecule has 142 valence electrons. The van der Waals surface area contributed by atoms with Crippen LogP contribution in [0.5, 0.6) is 0 Å². The van der Waals surface area contributed by atoms with Gasteiger partial charge in [0.15, 0.2) is 0 Å². The summed E-state index contributed by atoms with van der Waals surface area (Å²) in [6.45, 7) is 0. The number of nitrogens with one attached hydrogen (secondary N) is 1. The summed E-state index contributed by atoms with van der Waals surface area (Å²) in [5.74, 6) is 3.78. The Kier molecular flexibility index (Phi) is 3.43. The summed E-state index contributed by atoms with van der Waals surface area (Å²) in [7, 11) is 0. The lowest BCUT2D eigenvalue weighted by atomic mass is 9.49. The van der Waals surface area contributed by atoms with E-state index in [0.717, 1.165) is 54.1 Å². The fraction of sp³-hybridized carbons (Fsp3) is 0.435. The van der Waals surface area contributed by atoms with E-state index in [4.69, 9.17) is 4.98 Å². The monoisotopic (exact) mass is 372 g/mol. The summed E-state index contributed by atoms with van der Waals surface area (Å²) >= 11 is 0. The molecule has 2 heterocycles. The number of amides is 1. The Labute approximate surface area is 164 Å². The van der Waals surface area contributed by atoms with Gasteiger partial charge in [0.2, 0.25) is 11.7 Å². The van der Waals surface area contributed by atoms with Gasteiger partial charge in [0, 0.05) is 18.0 Å². The first-order valence-electron chi connectivity index (χ1n) is 10.4. The minimum absolute atomic E-state index is 0.185. The maximum absolute atomic E-state index is 13.6. The predicted octanol–water partition coefficient (Wildman–Crippen LogP) is 4.55. The van der Waals surface area contributed by atoms with E-state index in [1.165, 1.54) is 19.3 Å². The summed E-state index contributed by atoms with van der Waals surface area (Å²) in [6.07, 6.45) is 10.8. The van der Waals surface area contributed by atoms with E-state index in [9.17, 15) is 4.79 Å². The van der Waals surface area contributed by atoms with E-state index < -0.39 is 0 Å². The molecule has 2 aromatic heterocycles. The Morgan fingerprint density at radius 1 is 1.00 bits per heavy atom. The molecule has 0 radical (unpaired) electrons. The molecule has 4 bridgehead atoms. The summed E-state index contributed by atoms with van der Waals surface area (Å²) in [6, 6.07) is 11.9. The zero-order valence-electron chi connectivity index (χ0n) is 15.8. The van der Waals surface area contributed by atoms with Gasteiger partial charge in [-0.05, 0) is 62.3 Å². The minimum Gasteiger partial charge on any atom is -0.309 e. The van der Waals surface area contributed by atoms with Gasteiger partial charge in [0.05, 0.1) is 5.41 Å². The predicted molar refractivity (Wildman–Crippen MR) is 108 cm³/mol. The van der Waals surface area contributed by atoms with Crippen molar-refractivity contribution in [1.29, 1.82) is 0 Å². The molecule has 0 aliphatic heterocycles. The number of carbonyl (C=O) groups excluding carboxylic acids is 1. The Balaban J connectivity index is 1.41. The topological polar surface area (TPSA) is 59.3 Å². The van der Waals surface area contributed by atoms with Gasteiger partial charge in [-0.3, -0.25) is 9.20 Å². The molecular weight excluding hydrogens is 348 g/mol. The van der Waals surface area contributed by atoms with Gasteiger partial charge in [-0.25, -0.2) is 9.97 Å². The number of benzene rings is 1. The molecule has 28 heavy (non-hydrogen) atoms. The molecule has 7 rings (SSSR count). The second-order valence-electron chi connectivity index (χ2n) is 9.12. The standard InChI is InChI=1S/C23H24N4O/c28-21(23-12-15-9-16(13-23)11-17(10-15)14-23)26-20-19(18-5-2-1-3-6-18)25-22-24-7-4-8-27(20)22/h1-8,15-17H,9-14H2,(H,26,28). The molecule has 3 aromatic rings. The molecule has 1 N–H and O–H groups in total. The van der Waals surface area contributed by atoms with Crippen molar-refractivity contribution in [2.24, 2.45) is 23.2 Å². The number of hydrogen-bond donors (Lipinski definition) is 1. The number of anilines is 1. The van der Waals surface area contributed by atoms with Crippen LogP contribution in [0.15, 0.2) is 48.8 Å². The van der Waals surface area contributed by atoms with Crippen LogP contribution in [0, 0.1) is 23.2 Å². The average Bonchev–Trinajstić information content (AvgIpc) is 3.06. The number of aromatic nitrogens is 3. The van der Waals surface area contributed by atoms with Gasteiger partial charge in [-0.15, -0.1) is 0 Å². The number of imidazole rings is 1. The molecule has 4 aliphatic carbocycles. The number of nitrogens with zero attached hydrogens (tertiary/aromatic N) is 3. The van der Waals surface area contributed by atoms with Crippen LogP contribution in [-0.4, -0.2) is 20.3 Å². The van der Waals surface area contributed by atoms with E-state index in [1.54, 1.807) is 6.20 Å². The van der Waals surface area contributed by atoms with Crippen LogP contribution in [0.4, 0.5) is 5.82 Å². The molecular formula is C23H24N4O. The van der Waals surface area contributed by atoms with Crippen molar-refractivity contribution in [1.82, 2.24) is 14.4 Å². The second-order valence-corrected chi connectivity index (χ2v) is 9.12.